The molecular weight excluding hydrogens is 592 g/mol. The second kappa shape index (κ2) is 18.1. The topological polar surface area (TPSA) is 214 Å². The molecule has 0 radical (unpaired) electrons. The molecule has 0 bridgehead atoms. The minimum Gasteiger partial charge on any atom is -0.444 e. The summed E-state index contributed by atoms with van der Waals surface area (Å²) in [4.78, 5) is 50.2. The van der Waals surface area contributed by atoms with E-state index in [1.54, 1.807) is 27.0 Å². The molecule has 6 N–H and O–H groups in total. The van der Waals surface area contributed by atoms with E-state index >= 15 is 0 Å². The fraction of sp³-hybridized carbons (Fsp3) is 0.625. The van der Waals surface area contributed by atoms with Crippen molar-refractivity contribution >= 4 is 17.9 Å². The predicted molar refractivity (Wildman–Crippen MR) is 171 cm³/mol. The smallest absolute Gasteiger partial charge is 0.408 e. The molecule has 1 aromatic heterocycles. The highest BCUT2D eigenvalue weighted by atomic mass is 16.6. The molecule has 1 aliphatic carbocycles. The lowest BCUT2D eigenvalue weighted by Gasteiger charge is -2.34. The van der Waals surface area contributed by atoms with E-state index in [0.717, 1.165) is 37.7 Å². The average molecular weight is 641 g/mol. The first-order valence-corrected chi connectivity index (χ1v) is 15.9. The lowest BCUT2D eigenvalue weighted by molar-refractivity contribution is -0.131. The number of hydrogen-bond donors (Lipinski definition) is 6. The van der Waals surface area contributed by atoms with Gasteiger partial charge in [0.1, 0.15) is 17.7 Å². The summed E-state index contributed by atoms with van der Waals surface area (Å²) in [6.07, 6.45) is 6.82. The molecule has 1 heterocycles. The van der Waals surface area contributed by atoms with Crippen LogP contribution in [0.4, 0.5) is 4.79 Å². The van der Waals surface area contributed by atoms with Crippen LogP contribution in [0.15, 0.2) is 48.0 Å². The standard InChI is InChI=1S/C32H48N8O6/c1-32(2,3)46-31(45)39-26(15-22-12-8-5-9-13-22)29(43)38-27(16-24-18-34-20-35-24)30(44)37-25(14-21-10-6-4-7-11-21)28(42)23(19-41)17-36-40-33/h5,8-9,12-13,18,20-21,23,25-28,41-42H,4,6-7,10-11,14-17,19H2,1-3H3,(H,34,35)(H,37,44)(H,38,43)(H,39,45)/t23-,25+,26-,27-,28+/m0/s1. The molecule has 0 saturated heterocycles. The molecule has 252 valence electrons. The number of carbonyl (C=O) groups is 3. The number of H-pyrrole nitrogens is 1. The van der Waals surface area contributed by atoms with Crippen molar-refractivity contribution in [2.24, 2.45) is 17.0 Å². The van der Waals surface area contributed by atoms with Crippen LogP contribution in [-0.2, 0) is 27.2 Å². The predicted octanol–water partition coefficient (Wildman–Crippen LogP) is 3.31. The Hall–Kier alpha value is -4.13. The minimum absolute atomic E-state index is 0.0520. The van der Waals surface area contributed by atoms with Crippen molar-refractivity contribution in [3.8, 4) is 0 Å². The third-order valence-electron chi connectivity index (χ3n) is 8.05. The molecule has 1 saturated carbocycles. The van der Waals surface area contributed by atoms with E-state index in [9.17, 15) is 24.6 Å². The number of hydrogen-bond acceptors (Lipinski definition) is 8. The molecule has 1 fully saturated rings. The number of ether oxygens (including phenoxy) is 1. The number of imidazole rings is 1. The fourth-order valence-corrected chi connectivity index (χ4v) is 5.70. The normalized spacial score (nSPS) is 17.0. The number of aromatic amines is 1. The Balaban J connectivity index is 1.85. The summed E-state index contributed by atoms with van der Waals surface area (Å²) in [5, 5.41) is 33.2. The maximum atomic E-state index is 13.9. The van der Waals surface area contributed by atoms with Crippen molar-refractivity contribution in [3.05, 3.63) is 64.6 Å². The molecule has 14 heteroatoms. The van der Waals surface area contributed by atoms with Gasteiger partial charge in [0.25, 0.3) is 0 Å². The summed E-state index contributed by atoms with van der Waals surface area (Å²) in [5.41, 5.74) is 9.39. The van der Waals surface area contributed by atoms with E-state index in [2.05, 4.69) is 35.9 Å². The highest BCUT2D eigenvalue weighted by molar-refractivity contribution is 5.91. The van der Waals surface area contributed by atoms with Gasteiger partial charge in [-0.2, -0.15) is 0 Å². The summed E-state index contributed by atoms with van der Waals surface area (Å²) in [6.45, 7) is 4.57. The van der Waals surface area contributed by atoms with E-state index < -0.39 is 60.3 Å². The molecule has 46 heavy (non-hydrogen) atoms. The van der Waals surface area contributed by atoms with Gasteiger partial charge in [0.05, 0.1) is 18.5 Å². The van der Waals surface area contributed by atoms with E-state index in [1.807, 2.05) is 30.3 Å². The molecule has 1 aromatic carbocycles. The largest absolute Gasteiger partial charge is 0.444 e. The van der Waals surface area contributed by atoms with Crippen LogP contribution >= 0.6 is 0 Å². The number of aliphatic hydroxyl groups is 2. The van der Waals surface area contributed by atoms with Crippen molar-refractivity contribution in [2.45, 2.75) is 102 Å². The van der Waals surface area contributed by atoms with Gasteiger partial charge in [-0.1, -0.05) is 67.6 Å². The monoisotopic (exact) mass is 640 g/mol. The van der Waals surface area contributed by atoms with Crippen LogP contribution in [0.3, 0.4) is 0 Å². The Kier molecular flexibility index (Phi) is 14.3. The van der Waals surface area contributed by atoms with Crippen molar-refractivity contribution in [1.82, 2.24) is 25.9 Å². The molecule has 0 spiro atoms. The zero-order valence-electron chi connectivity index (χ0n) is 26.9. The van der Waals surface area contributed by atoms with Gasteiger partial charge in [0, 0.05) is 48.7 Å². The molecule has 3 rings (SSSR count). The van der Waals surface area contributed by atoms with E-state index in [1.165, 1.54) is 6.33 Å². The maximum Gasteiger partial charge on any atom is 0.408 e. The van der Waals surface area contributed by atoms with Gasteiger partial charge >= 0.3 is 6.09 Å². The molecule has 5 atom stereocenters. The van der Waals surface area contributed by atoms with E-state index in [4.69, 9.17) is 10.3 Å². The molecule has 3 amide bonds. The van der Waals surface area contributed by atoms with Gasteiger partial charge in [-0.05, 0) is 44.2 Å². The van der Waals surface area contributed by atoms with Gasteiger partial charge in [-0.25, -0.2) is 9.78 Å². The Morgan fingerprint density at radius 1 is 1.07 bits per heavy atom. The van der Waals surface area contributed by atoms with Crippen molar-refractivity contribution in [2.75, 3.05) is 13.2 Å². The SMILES string of the molecule is CC(C)(C)OC(=O)N[C@@H](Cc1ccccc1)C(=O)N[C@@H](Cc1cnc[nH]1)C(=O)N[C@H](CC1CCCCC1)[C@H](O)[C@H](CO)CN=[N+]=[N-]. The number of rotatable bonds is 16. The second-order valence-corrected chi connectivity index (χ2v) is 12.9. The number of nitrogens with zero attached hydrogens (tertiary/aromatic N) is 4. The molecular formula is C32H48N8O6. The Bertz CT molecular complexity index is 1270. The maximum absolute atomic E-state index is 13.9. The zero-order chi connectivity index (χ0) is 33.5. The number of benzene rings is 1. The third-order valence-corrected chi connectivity index (χ3v) is 8.05. The highest BCUT2D eigenvalue weighted by Gasteiger charge is 2.34. The fourth-order valence-electron chi connectivity index (χ4n) is 5.70. The second-order valence-electron chi connectivity index (χ2n) is 12.9. The zero-order valence-corrected chi connectivity index (χ0v) is 26.9. The quantitative estimate of drug-likeness (QED) is 0.0913. The van der Waals surface area contributed by atoms with E-state index in [-0.39, 0.29) is 25.3 Å². The van der Waals surface area contributed by atoms with Crippen molar-refractivity contribution in [3.63, 3.8) is 0 Å². The lowest BCUT2D eigenvalue weighted by Crippen LogP contribution is -2.58. The van der Waals surface area contributed by atoms with Gasteiger partial charge in [-0.15, -0.1) is 0 Å². The Labute approximate surface area is 269 Å². The average Bonchev–Trinajstić information content (AvgIpc) is 3.53. The van der Waals surface area contributed by atoms with Crippen molar-refractivity contribution < 1.29 is 29.3 Å². The van der Waals surface area contributed by atoms with Gasteiger partial charge in [0.2, 0.25) is 11.8 Å². The number of amides is 3. The van der Waals surface area contributed by atoms with Crippen molar-refractivity contribution in [1.29, 1.82) is 0 Å². The Morgan fingerprint density at radius 3 is 2.35 bits per heavy atom. The minimum atomic E-state index is -1.20. The molecule has 2 aromatic rings. The molecule has 0 unspecified atom stereocenters. The van der Waals surface area contributed by atoms with Gasteiger partial charge < -0.3 is 35.9 Å². The summed E-state index contributed by atoms with van der Waals surface area (Å²) >= 11 is 0. The number of alkyl carbamates (subject to hydrolysis) is 1. The summed E-state index contributed by atoms with van der Waals surface area (Å²) in [5.74, 6) is -1.70. The summed E-state index contributed by atoms with van der Waals surface area (Å²) in [6, 6.07) is 6.20. The van der Waals surface area contributed by atoms with Crippen LogP contribution in [0.1, 0.15) is 70.6 Å². The number of aliphatic hydroxyl groups excluding tert-OH is 2. The van der Waals surface area contributed by atoms with Crippen LogP contribution in [0, 0.1) is 11.8 Å². The Morgan fingerprint density at radius 2 is 1.74 bits per heavy atom. The van der Waals surface area contributed by atoms with Gasteiger partial charge in [0.15, 0.2) is 0 Å². The van der Waals surface area contributed by atoms with Crippen LogP contribution in [0.25, 0.3) is 10.4 Å². The highest BCUT2D eigenvalue weighted by Crippen LogP contribution is 2.29. The van der Waals surface area contributed by atoms with E-state index in [0.29, 0.717) is 12.1 Å². The number of carbonyl (C=O) groups excluding carboxylic acids is 3. The lowest BCUT2D eigenvalue weighted by atomic mass is 9.81. The molecule has 0 aliphatic heterocycles. The first-order chi connectivity index (χ1) is 22.0. The first kappa shape index (κ1) is 36.3. The summed E-state index contributed by atoms with van der Waals surface area (Å²) < 4.78 is 5.41. The molecule has 1 aliphatic rings. The van der Waals surface area contributed by atoms with Gasteiger partial charge in [-0.3, -0.25) is 9.59 Å². The molecule has 14 nitrogen and oxygen atoms in total. The first-order valence-electron chi connectivity index (χ1n) is 15.9. The van der Waals surface area contributed by atoms with Crippen LogP contribution in [-0.4, -0.2) is 81.1 Å². The number of aromatic nitrogens is 2. The van der Waals surface area contributed by atoms with Crippen LogP contribution in [0.5, 0.6) is 0 Å². The number of azide groups is 1. The van der Waals surface area contributed by atoms with Crippen LogP contribution in [0.2, 0.25) is 0 Å². The van der Waals surface area contributed by atoms with Crippen LogP contribution < -0.4 is 16.0 Å². The number of nitrogens with one attached hydrogen (secondary N) is 4. The third kappa shape index (κ3) is 12.3. The summed E-state index contributed by atoms with van der Waals surface area (Å²) in [7, 11) is 0.